The highest BCUT2D eigenvalue weighted by molar-refractivity contribution is 5.74. The van der Waals surface area contributed by atoms with Gasteiger partial charge in [-0.25, -0.2) is 4.98 Å². The van der Waals surface area contributed by atoms with E-state index in [4.69, 9.17) is 9.52 Å². The number of halogens is 2. The van der Waals surface area contributed by atoms with Crippen LogP contribution in [0.25, 0.3) is 11.1 Å². The Balaban J connectivity index is 2.37. The number of ether oxygens (including phenoxy) is 1. The Morgan fingerprint density at radius 3 is 2.93 bits per heavy atom. The summed E-state index contributed by atoms with van der Waals surface area (Å²) < 4.78 is 33.0. The molecule has 0 amide bonds. The van der Waals surface area contributed by atoms with Crippen molar-refractivity contribution >= 4 is 11.1 Å². The van der Waals surface area contributed by atoms with Crippen LogP contribution < -0.4 is 4.74 Å². The van der Waals surface area contributed by atoms with Crippen LogP contribution in [0, 0.1) is 0 Å². The maximum absolute atomic E-state index is 11.9. The molecular weight excluding hydrogens is 208 g/mol. The van der Waals surface area contributed by atoms with E-state index in [0.29, 0.717) is 11.1 Å². The molecule has 0 aliphatic heterocycles. The van der Waals surface area contributed by atoms with Crippen LogP contribution in [-0.4, -0.2) is 16.7 Å². The molecule has 0 fully saturated rings. The molecule has 0 atom stereocenters. The molecule has 1 N–H and O–H groups in total. The highest BCUT2D eigenvalue weighted by Crippen LogP contribution is 2.22. The normalized spacial score (nSPS) is 11.2. The number of benzene rings is 1. The van der Waals surface area contributed by atoms with E-state index in [0.717, 1.165) is 0 Å². The first-order valence-corrected chi connectivity index (χ1v) is 4.14. The lowest BCUT2D eigenvalue weighted by Gasteiger charge is -2.02. The fourth-order valence-electron chi connectivity index (χ4n) is 1.20. The first-order valence-electron chi connectivity index (χ1n) is 4.14. The smallest absolute Gasteiger partial charge is 0.387 e. The van der Waals surface area contributed by atoms with Crippen LogP contribution in [0.15, 0.2) is 22.6 Å². The van der Waals surface area contributed by atoms with Gasteiger partial charge in [0.25, 0.3) is 0 Å². The summed E-state index contributed by atoms with van der Waals surface area (Å²) in [5.41, 5.74) is 0.790. The zero-order chi connectivity index (χ0) is 10.8. The first-order chi connectivity index (χ1) is 7.19. The predicted molar refractivity (Wildman–Crippen MR) is 46.6 cm³/mol. The number of oxazole rings is 1. The second-order valence-electron chi connectivity index (χ2n) is 2.77. The Morgan fingerprint density at radius 1 is 1.47 bits per heavy atom. The molecule has 1 aromatic carbocycles. The van der Waals surface area contributed by atoms with Crippen molar-refractivity contribution in [2.45, 2.75) is 13.2 Å². The molecule has 0 aliphatic rings. The van der Waals surface area contributed by atoms with Crippen molar-refractivity contribution in [3.05, 3.63) is 24.1 Å². The summed E-state index contributed by atoms with van der Waals surface area (Å²) in [5.74, 6) is 0.136. The summed E-state index contributed by atoms with van der Waals surface area (Å²) in [6, 6.07) is 4.14. The summed E-state index contributed by atoms with van der Waals surface area (Å²) in [6.07, 6.45) is 0. The Hall–Kier alpha value is -1.69. The van der Waals surface area contributed by atoms with Crippen LogP contribution in [0.1, 0.15) is 5.89 Å². The zero-order valence-corrected chi connectivity index (χ0v) is 7.48. The van der Waals surface area contributed by atoms with Crippen molar-refractivity contribution in [1.82, 2.24) is 4.98 Å². The van der Waals surface area contributed by atoms with E-state index < -0.39 is 6.61 Å². The van der Waals surface area contributed by atoms with Gasteiger partial charge in [0, 0.05) is 6.07 Å². The highest BCUT2D eigenvalue weighted by Gasteiger charge is 2.08. The Bertz CT molecular complexity index is 469. The van der Waals surface area contributed by atoms with Crippen molar-refractivity contribution < 1.29 is 23.0 Å². The molecule has 0 bridgehead atoms. The maximum Gasteiger partial charge on any atom is 0.387 e. The molecule has 0 aliphatic carbocycles. The van der Waals surface area contributed by atoms with E-state index in [1.54, 1.807) is 0 Å². The number of rotatable bonds is 3. The van der Waals surface area contributed by atoms with Crippen LogP contribution in [0.5, 0.6) is 5.75 Å². The third-order valence-electron chi connectivity index (χ3n) is 1.76. The van der Waals surface area contributed by atoms with Gasteiger partial charge in [0.15, 0.2) is 5.58 Å². The van der Waals surface area contributed by atoms with Crippen LogP contribution in [0.3, 0.4) is 0 Å². The second kappa shape index (κ2) is 3.82. The highest BCUT2D eigenvalue weighted by atomic mass is 19.3. The predicted octanol–water partition coefficient (Wildman–Crippen LogP) is 1.92. The van der Waals surface area contributed by atoms with E-state index in [1.807, 2.05) is 0 Å². The van der Waals surface area contributed by atoms with Gasteiger partial charge in [-0.2, -0.15) is 8.78 Å². The minimum Gasteiger partial charge on any atom is -0.438 e. The quantitative estimate of drug-likeness (QED) is 0.849. The van der Waals surface area contributed by atoms with Crippen molar-refractivity contribution in [2.75, 3.05) is 0 Å². The molecule has 1 aromatic heterocycles. The van der Waals surface area contributed by atoms with Gasteiger partial charge in [-0.05, 0) is 12.1 Å². The molecule has 2 rings (SSSR count). The van der Waals surface area contributed by atoms with Gasteiger partial charge in [0.05, 0.1) is 0 Å². The lowest BCUT2D eigenvalue weighted by Crippen LogP contribution is -2.01. The molecule has 0 saturated heterocycles. The average Bonchev–Trinajstić information content (AvgIpc) is 2.58. The SMILES string of the molecule is OCc1nc2ccc(OC(F)F)cc2o1. The summed E-state index contributed by atoms with van der Waals surface area (Å²) in [4.78, 5) is 3.89. The molecule has 6 heteroatoms. The van der Waals surface area contributed by atoms with Crippen LogP contribution in [-0.2, 0) is 6.61 Å². The number of nitrogens with zero attached hydrogens (tertiary/aromatic N) is 1. The number of aliphatic hydroxyl groups excluding tert-OH is 1. The topological polar surface area (TPSA) is 55.5 Å². The fraction of sp³-hybridized carbons (Fsp3) is 0.222. The van der Waals surface area contributed by atoms with Crippen molar-refractivity contribution in [1.29, 1.82) is 0 Å². The largest absolute Gasteiger partial charge is 0.438 e. The van der Waals surface area contributed by atoms with Crippen LogP contribution in [0.2, 0.25) is 0 Å². The second-order valence-corrected chi connectivity index (χ2v) is 2.77. The molecule has 0 radical (unpaired) electrons. The minimum atomic E-state index is -2.87. The standard InChI is InChI=1S/C9H7F2NO3/c10-9(11)14-5-1-2-6-7(3-5)15-8(4-13)12-6/h1-3,9,13H,4H2. The van der Waals surface area contributed by atoms with E-state index >= 15 is 0 Å². The van der Waals surface area contributed by atoms with Gasteiger partial charge in [0.2, 0.25) is 5.89 Å². The van der Waals surface area contributed by atoms with E-state index in [1.165, 1.54) is 18.2 Å². The minimum absolute atomic E-state index is 0.00172. The molecule has 0 saturated carbocycles. The molecule has 1 heterocycles. The molecule has 15 heavy (non-hydrogen) atoms. The number of aliphatic hydroxyl groups is 1. The number of alkyl halides is 2. The Kier molecular flexibility index (Phi) is 2.51. The third-order valence-corrected chi connectivity index (χ3v) is 1.76. The fourth-order valence-corrected chi connectivity index (χ4v) is 1.20. The summed E-state index contributed by atoms with van der Waals surface area (Å²) in [5, 5.41) is 8.75. The number of hydrogen-bond donors (Lipinski definition) is 1. The lowest BCUT2D eigenvalue weighted by molar-refractivity contribution is -0.0497. The van der Waals surface area contributed by atoms with Gasteiger partial charge in [-0.3, -0.25) is 0 Å². The maximum atomic E-state index is 11.9. The van der Waals surface area contributed by atoms with Gasteiger partial charge in [-0.15, -0.1) is 0 Å². The van der Waals surface area contributed by atoms with Crippen LogP contribution in [0.4, 0.5) is 8.78 Å². The van der Waals surface area contributed by atoms with Crippen molar-refractivity contribution in [3.63, 3.8) is 0 Å². The van der Waals surface area contributed by atoms with Crippen molar-refractivity contribution in [3.8, 4) is 5.75 Å². The van der Waals surface area contributed by atoms with Gasteiger partial charge in [-0.1, -0.05) is 0 Å². The molecule has 80 valence electrons. The van der Waals surface area contributed by atoms with E-state index in [-0.39, 0.29) is 18.2 Å². The zero-order valence-electron chi connectivity index (χ0n) is 7.48. The Morgan fingerprint density at radius 2 is 2.27 bits per heavy atom. The van der Waals surface area contributed by atoms with Gasteiger partial charge < -0.3 is 14.3 Å². The summed E-state index contributed by atoms with van der Waals surface area (Å²) >= 11 is 0. The average molecular weight is 215 g/mol. The summed E-state index contributed by atoms with van der Waals surface area (Å²) in [6.45, 7) is -3.21. The van der Waals surface area contributed by atoms with Crippen molar-refractivity contribution in [2.24, 2.45) is 0 Å². The summed E-state index contributed by atoms with van der Waals surface area (Å²) in [7, 11) is 0. The van der Waals surface area contributed by atoms with Gasteiger partial charge >= 0.3 is 6.61 Å². The monoisotopic (exact) mass is 215 g/mol. The molecular formula is C9H7F2NO3. The molecule has 0 unspecified atom stereocenters. The number of hydrogen-bond acceptors (Lipinski definition) is 4. The Labute approximate surface area is 83.1 Å². The van der Waals surface area contributed by atoms with E-state index in [2.05, 4.69) is 9.72 Å². The first kappa shape index (κ1) is 9.85. The van der Waals surface area contributed by atoms with Gasteiger partial charge in [0.1, 0.15) is 17.9 Å². The van der Waals surface area contributed by atoms with Crippen LogP contribution >= 0.6 is 0 Å². The molecule has 0 spiro atoms. The number of fused-ring (bicyclic) bond motifs is 1. The third kappa shape index (κ3) is 2.04. The number of aromatic nitrogens is 1. The molecule has 2 aromatic rings. The molecule has 4 nitrogen and oxygen atoms in total. The lowest BCUT2D eigenvalue weighted by atomic mass is 10.3. The van der Waals surface area contributed by atoms with E-state index in [9.17, 15) is 8.78 Å².